The summed E-state index contributed by atoms with van der Waals surface area (Å²) < 4.78 is 12.9. The maximum absolute atomic E-state index is 12.9. The van der Waals surface area contributed by atoms with E-state index in [1.807, 2.05) is 31.2 Å². The summed E-state index contributed by atoms with van der Waals surface area (Å²) >= 11 is 0. The number of benzene rings is 2. The fourth-order valence-electron chi connectivity index (χ4n) is 2.31. The van der Waals surface area contributed by atoms with E-state index in [0.29, 0.717) is 12.0 Å². The van der Waals surface area contributed by atoms with Crippen LogP contribution in [0.5, 0.6) is 0 Å². The van der Waals surface area contributed by atoms with Gasteiger partial charge < -0.3 is 11.1 Å². The van der Waals surface area contributed by atoms with E-state index < -0.39 is 11.9 Å². The minimum atomic E-state index is -0.774. The Labute approximate surface area is 134 Å². The van der Waals surface area contributed by atoms with Crippen molar-refractivity contribution in [2.45, 2.75) is 25.8 Å². The van der Waals surface area contributed by atoms with Gasteiger partial charge in [0.2, 0.25) is 11.8 Å². The maximum Gasteiger partial charge on any atom is 0.240 e. The van der Waals surface area contributed by atoms with Gasteiger partial charge in [-0.25, -0.2) is 4.39 Å². The molecule has 2 rings (SSSR count). The van der Waals surface area contributed by atoms with E-state index in [0.717, 1.165) is 11.1 Å². The molecule has 0 aliphatic heterocycles. The average Bonchev–Trinajstić information content (AvgIpc) is 2.51. The largest absolute Gasteiger partial charge is 0.368 e. The molecule has 0 bridgehead atoms. The van der Waals surface area contributed by atoms with Crippen molar-refractivity contribution in [3.63, 3.8) is 0 Å². The highest BCUT2D eigenvalue weighted by Crippen LogP contribution is 2.10. The average molecular weight is 314 g/mol. The molecule has 0 aromatic heterocycles. The van der Waals surface area contributed by atoms with E-state index in [4.69, 9.17) is 5.73 Å². The molecule has 1 atom stereocenters. The smallest absolute Gasteiger partial charge is 0.240 e. The summed E-state index contributed by atoms with van der Waals surface area (Å²) in [6.45, 7) is 1.94. The zero-order valence-corrected chi connectivity index (χ0v) is 12.9. The lowest BCUT2D eigenvalue weighted by molar-refractivity contribution is -0.127. The normalized spacial score (nSPS) is 11.7. The third kappa shape index (κ3) is 4.92. The Balaban J connectivity index is 2.01. The number of carbonyl (C=O) groups excluding carboxylic acids is 2. The van der Waals surface area contributed by atoms with Crippen molar-refractivity contribution in [1.29, 1.82) is 0 Å². The van der Waals surface area contributed by atoms with Crippen LogP contribution < -0.4 is 11.1 Å². The Bertz CT molecular complexity index is 698. The molecule has 2 aromatic carbocycles. The van der Waals surface area contributed by atoms with Gasteiger partial charge in [0.1, 0.15) is 11.9 Å². The van der Waals surface area contributed by atoms with Gasteiger partial charge in [-0.1, -0.05) is 36.4 Å². The molecule has 0 heterocycles. The highest BCUT2D eigenvalue weighted by molar-refractivity contribution is 5.87. The number of amides is 2. The molecule has 0 unspecified atom stereocenters. The van der Waals surface area contributed by atoms with Crippen LogP contribution in [0, 0.1) is 12.7 Å². The summed E-state index contributed by atoms with van der Waals surface area (Å²) in [5, 5.41) is 2.65. The number of hydrogen-bond donors (Lipinski definition) is 2. The number of carbonyl (C=O) groups is 2. The van der Waals surface area contributed by atoms with E-state index in [-0.39, 0.29) is 18.1 Å². The quantitative estimate of drug-likeness (QED) is 0.854. The highest BCUT2D eigenvalue weighted by Gasteiger charge is 2.19. The minimum absolute atomic E-state index is 0.0673. The molecule has 0 radical (unpaired) electrons. The number of hydrogen-bond acceptors (Lipinski definition) is 2. The summed E-state index contributed by atoms with van der Waals surface area (Å²) in [6, 6.07) is 12.5. The molecule has 0 spiro atoms. The number of nitrogens with one attached hydrogen (secondary N) is 1. The summed E-state index contributed by atoms with van der Waals surface area (Å²) in [6.07, 6.45) is 0.412. The van der Waals surface area contributed by atoms with E-state index in [1.165, 1.54) is 24.3 Å². The zero-order valence-electron chi connectivity index (χ0n) is 12.9. The van der Waals surface area contributed by atoms with Crippen molar-refractivity contribution in [1.82, 2.24) is 5.32 Å². The van der Waals surface area contributed by atoms with Crippen LogP contribution in [0.25, 0.3) is 0 Å². The standard InChI is InChI=1S/C18H19FN2O2/c1-12-4-2-3-5-14(12)11-16(18(20)23)21-17(22)10-13-6-8-15(19)9-7-13/h2-9,16H,10-11H2,1H3,(H2,20,23)(H,21,22)/t16-/m0/s1. The van der Waals surface area contributed by atoms with Gasteiger partial charge in [-0.15, -0.1) is 0 Å². The first-order valence-electron chi connectivity index (χ1n) is 7.33. The van der Waals surface area contributed by atoms with Crippen molar-refractivity contribution in [3.8, 4) is 0 Å². The molecule has 5 heteroatoms. The first-order chi connectivity index (χ1) is 11.0. The molecule has 0 aliphatic carbocycles. The zero-order chi connectivity index (χ0) is 16.8. The molecule has 23 heavy (non-hydrogen) atoms. The maximum atomic E-state index is 12.9. The van der Waals surface area contributed by atoms with Crippen LogP contribution in [0.3, 0.4) is 0 Å². The Kier molecular flexibility index (Phi) is 5.46. The second kappa shape index (κ2) is 7.54. The summed E-state index contributed by atoms with van der Waals surface area (Å²) in [5.41, 5.74) is 8.05. The van der Waals surface area contributed by atoms with E-state index in [9.17, 15) is 14.0 Å². The molecule has 4 nitrogen and oxygen atoms in total. The van der Waals surface area contributed by atoms with Gasteiger partial charge in [0, 0.05) is 6.42 Å². The van der Waals surface area contributed by atoms with Crippen molar-refractivity contribution in [3.05, 3.63) is 71.0 Å². The lowest BCUT2D eigenvalue weighted by atomic mass is 10.0. The van der Waals surface area contributed by atoms with Crippen LogP contribution in [0.2, 0.25) is 0 Å². The first kappa shape index (κ1) is 16.7. The van der Waals surface area contributed by atoms with Crippen molar-refractivity contribution < 1.29 is 14.0 Å². The van der Waals surface area contributed by atoms with E-state index >= 15 is 0 Å². The minimum Gasteiger partial charge on any atom is -0.368 e. The van der Waals surface area contributed by atoms with Crippen LogP contribution >= 0.6 is 0 Å². The first-order valence-corrected chi connectivity index (χ1v) is 7.33. The Morgan fingerprint density at radius 2 is 1.78 bits per heavy atom. The molecule has 0 saturated carbocycles. The van der Waals surface area contributed by atoms with Crippen LogP contribution in [0.15, 0.2) is 48.5 Å². The van der Waals surface area contributed by atoms with Gasteiger partial charge >= 0.3 is 0 Å². The van der Waals surface area contributed by atoms with Gasteiger partial charge in [-0.05, 0) is 35.7 Å². The lowest BCUT2D eigenvalue weighted by Gasteiger charge is -2.17. The van der Waals surface area contributed by atoms with E-state index in [2.05, 4.69) is 5.32 Å². The van der Waals surface area contributed by atoms with Crippen LogP contribution in [0.1, 0.15) is 16.7 Å². The van der Waals surface area contributed by atoms with Crippen molar-refractivity contribution in [2.75, 3.05) is 0 Å². The number of halogens is 1. The van der Waals surface area contributed by atoms with Crippen molar-refractivity contribution >= 4 is 11.8 Å². The monoisotopic (exact) mass is 314 g/mol. The second-order valence-corrected chi connectivity index (χ2v) is 5.46. The molecule has 2 amide bonds. The number of aryl methyl sites for hydroxylation is 1. The number of primary amides is 1. The summed E-state index contributed by atoms with van der Waals surface area (Å²) in [7, 11) is 0. The van der Waals surface area contributed by atoms with Gasteiger partial charge in [-0.3, -0.25) is 9.59 Å². The Hall–Kier alpha value is -2.69. The predicted octanol–water partition coefficient (Wildman–Crippen LogP) is 1.89. The molecular weight excluding hydrogens is 295 g/mol. The molecule has 0 fully saturated rings. The molecule has 0 saturated heterocycles. The molecule has 2 aromatic rings. The van der Waals surface area contributed by atoms with Gasteiger partial charge in [0.25, 0.3) is 0 Å². The SMILES string of the molecule is Cc1ccccc1C[C@H](NC(=O)Cc1ccc(F)cc1)C(N)=O. The Morgan fingerprint density at radius 3 is 2.39 bits per heavy atom. The van der Waals surface area contributed by atoms with Gasteiger partial charge in [0.15, 0.2) is 0 Å². The van der Waals surface area contributed by atoms with Crippen molar-refractivity contribution in [2.24, 2.45) is 5.73 Å². The predicted molar refractivity (Wildman–Crippen MR) is 86.1 cm³/mol. The number of rotatable bonds is 6. The molecule has 3 N–H and O–H groups in total. The fourth-order valence-corrected chi connectivity index (χ4v) is 2.31. The Morgan fingerprint density at radius 1 is 1.13 bits per heavy atom. The summed E-state index contributed by atoms with van der Waals surface area (Å²) in [5.74, 6) is -1.27. The molecular formula is C18H19FN2O2. The number of nitrogens with two attached hydrogens (primary N) is 1. The molecule has 120 valence electrons. The van der Waals surface area contributed by atoms with Gasteiger partial charge in [-0.2, -0.15) is 0 Å². The van der Waals surface area contributed by atoms with E-state index in [1.54, 1.807) is 0 Å². The van der Waals surface area contributed by atoms with Crippen LogP contribution in [-0.4, -0.2) is 17.9 Å². The third-order valence-electron chi connectivity index (χ3n) is 3.64. The topological polar surface area (TPSA) is 72.2 Å². The highest BCUT2D eigenvalue weighted by atomic mass is 19.1. The van der Waals surface area contributed by atoms with Gasteiger partial charge in [0.05, 0.1) is 6.42 Å². The van der Waals surface area contributed by atoms with Crippen LogP contribution in [-0.2, 0) is 22.4 Å². The summed E-state index contributed by atoms with van der Waals surface area (Å²) in [4.78, 5) is 23.7. The third-order valence-corrected chi connectivity index (χ3v) is 3.64. The lowest BCUT2D eigenvalue weighted by Crippen LogP contribution is -2.46. The second-order valence-electron chi connectivity index (χ2n) is 5.46. The molecule has 0 aliphatic rings. The fraction of sp³-hybridized carbons (Fsp3) is 0.222. The van der Waals surface area contributed by atoms with Crippen LogP contribution in [0.4, 0.5) is 4.39 Å².